The van der Waals surface area contributed by atoms with Gasteiger partial charge in [0.25, 0.3) is 0 Å². The monoisotopic (exact) mass is 542 g/mol. The van der Waals surface area contributed by atoms with E-state index in [2.05, 4.69) is 9.88 Å². The Labute approximate surface area is 206 Å². The third-order valence-electron chi connectivity index (χ3n) is 5.38. The summed E-state index contributed by atoms with van der Waals surface area (Å²) in [5, 5.41) is 14.2. The second-order valence-electron chi connectivity index (χ2n) is 8.03. The predicted octanol–water partition coefficient (Wildman–Crippen LogP) is 4.00. The minimum atomic E-state index is -5.08. The van der Waals surface area contributed by atoms with Crippen LogP contribution in [0.25, 0.3) is 0 Å². The Hall–Kier alpha value is -3.33. The van der Waals surface area contributed by atoms with Crippen LogP contribution in [0.1, 0.15) is 18.6 Å². The first-order chi connectivity index (χ1) is 17.2. The van der Waals surface area contributed by atoms with Crippen LogP contribution in [-0.4, -0.2) is 76.3 Å². The minimum Gasteiger partial charge on any atom is -0.478 e. The molecule has 2 aromatic rings. The van der Waals surface area contributed by atoms with E-state index in [1.807, 2.05) is 30.3 Å². The van der Waals surface area contributed by atoms with Crippen LogP contribution in [0.3, 0.4) is 0 Å². The lowest BCUT2D eigenvalue weighted by molar-refractivity contribution is -0.193. The highest BCUT2D eigenvalue weighted by molar-refractivity contribution is 5.73. The van der Waals surface area contributed by atoms with Crippen LogP contribution in [0.15, 0.2) is 47.2 Å². The third kappa shape index (κ3) is 9.57. The number of furan rings is 1. The van der Waals surface area contributed by atoms with E-state index >= 15 is 0 Å². The fourth-order valence-corrected chi connectivity index (χ4v) is 3.73. The summed E-state index contributed by atoms with van der Waals surface area (Å²) in [5.74, 6) is -3.22. The minimum absolute atomic E-state index is 0.0278. The summed E-state index contributed by atoms with van der Waals surface area (Å²) in [5.41, 5.74) is 0.0278. The average molecular weight is 542 g/mol. The van der Waals surface area contributed by atoms with Gasteiger partial charge in [0, 0.05) is 32.0 Å². The molecule has 2 aliphatic heterocycles. The van der Waals surface area contributed by atoms with Gasteiger partial charge in [-0.3, -0.25) is 4.90 Å². The number of carbonyl (C=O) groups is 2. The number of nitrogens with zero attached hydrogens (tertiary/aromatic N) is 2. The predicted molar refractivity (Wildman–Crippen MR) is 113 cm³/mol. The van der Waals surface area contributed by atoms with Crippen LogP contribution >= 0.6 is 0 Å². The standard InChI is InChI=1S/C18H22N2O3.2C2HF3O2/c1-2-8-19-17(5-1)22-10-6-15-7-11-23-18(15)13-20(14-18)12-16-4-3-9-21-16;2*3-2(4,5)1(6)7/h1-5,8-9,15H,6-7,10-14H2;2*(H,6,7). The first-order valence-corrected chi connectivity index (χ1v) is 10.8. The number of alkyl halides is 6. The Kier molecular flexibility index (Phi) is 10.3. The third-order valence-corrected chi connectivity index (χ3v) is 5.38. The number of rotatable bonds is 6. The van der Waals surface area contributed by atoms with Crippen LogP contribution < -0.4 is 4.74 Å². The summed E-state index contributed by atoms with van der Waals surface area (Å²) in [6.07, 6.45) is -4.53. The number of aliphatic carboxylic acids is 2. The Morgan fingerprint density at radius 2 is 1.68 bits per heavy atom. The van der Waals surface area contributed by atoms with E-state index in [1.165, 1.54) is 0 Å². The smallest absolute Gasteiger partial charge is 0.478 e. The molecule has 2 fully saturated rings. The molecule has 4 rings (SSSR count). The Bertz CT molecular complexity index is 954. The van der Waals surface area contributed by atoms with Crippen molar-refractivity contribution in [1.29, 1.82) is 0 Å². The van der Waals surface area contributed by atoms with Gasteiger partial charge in [-0.25, -0.2) is 14.6 Å². The number of aromatic nitrogens is 1. The molecule has 2 N–H and O–H groups in total. The quantitative estimate of drug-likeness (QED) is 0.522. The van der Waals surface area contributed by atoms with Crippen molar-refractivity contribution in [2.75, 3.05) is 26.3 Å². The molecule has 206 valence electrons. The first-order valence-electron chi connectivity index (χ1n) is 10.8. The maximum absolute atomic E-state index is 10.6. The second-order valence-corrected chi connectivity index (χ2v) is 8.03. The summed E-state index contributed by atoms with van der Waals surface area (Å²) in [6.45, 7) is 4.41. The highest BCUT2D eigenvalue weighted by Gasteiger charge is 2.52. The van der Waals surface area contributed by atoms with Crippen LogP contribution in [-0.2, 0) is 20.9 Å². The second kappa shape index (κ2) is 12.8. The Morgan fingerprint density at radius 1 is 1.05 bits per heavy atom. The SMILES string of the molecule is O=C(O)C(F)(F)F.O=C(O)C(F)(F)F.c1ccc(OCCC2CCOC23CN(Cc2ccco2)C3)nc1. The average Bonchev–Trinajstić information content (AvgIpc) is 3.44. The zero-order chi connectivity index (χ0) is 27.7. The number of halogens is 6. The van der Waals surface area contributed by atoms with Gasteiger partial charge in [-0.05, 0) is 37.0 Å². The van der Waals surface area contributed by atoms with Crippen molar-refractivity contribution in [3.05, 3.63) is 48.6 Å². The van der Waals surface area contributed by atoms with Gasteiger partial charge in [-0.15, -0.1) is 0 Å². The molecule has 0 radical (unpaired) electrons. The number of carboxylic acids is 2. The number of carboxylic acid groups (broad SMARTS) is 2. The summed E-state index contributed by atoms with van der Waals surface area (Å²) >= 11 is 0. The molecule has 0 bridgehead atoms. The van der Waals surface area contributed by atoms with E-state index in [4.69, 9.17) is 33.7 Å². The number of hydrogen-bond acceptors (Lipinski definition) is 7. The van der Waals surface area contributed by atoms with Crippen LogP contribution in [0.2, 0.25) is 0 Å². The molecule has 1 unspecified atom stereocenters. The van der Waals surface area contributed by atoms with Gasteiger partial charge in [0.1, 0.15) is 5.76 Å². The van der Waals surface area contributed by atoms with Crippen molar-refractivity contribution >= 4 is 11.9 Å². The molecule has 0 amide bonds. The van der Waals surface area contributed by atoms with Gasteiger partial charge in [0.2, 0.25) is 5.88 Å². The molecule has 1 spiro atoms. The lowest BCUT2D eigenvalue weighted by Crippen LogP contribution is -2.64. The molecule has 2 aliphatic rings. The van der Waals surface area contributed by atoms with Gasteiger partial charge in [-0.2, -0.15) is 26.3 Å². The number of ether oxygens (including phenoxy) is 2. The van der Waals surface area contributed by atoms with Crippen LogP contribution in [0, 0.1) is 5.92 Å². The molecule has 15 heteroatoms. The Morgan fingerprint density at radius 3 is 2.16 bits per heavy atom. The van der Waals surface area contributed by atoms with Crippen molar-refractivity contribution in [2.24, 2.45) is 5.92 Å². The van der Waals surface area contributed by atoms with Gasteiger partial charge in [0.05, 0.1) is 25.0 Å². The largest absolute Gasteiger partial charge is 0.490 e. The van der Waals surface area contributed by atoms with Crippen molar-refractivity contribution in [3.63, 3.8) is 0 Å². The van der Waals surface area contributed by atoms with Gasteiger partial charge in [0.15, 0.2) is 0 Å². The molecule has 2 saturated heterocycles. The highest BCUT2D eigenvalue weighted by Crippen LogP contribution is 2.42. The van der Waals surface area contributed by atoms with Gasteiger partial charge < -0.3 is 24.1 Å². The van der Waals surface area contributed by atoms with Gasteiger partial charge in [-0.1, -0.05) is 6.07 Å². The van der Waals surface area contributed by atoms with E-state index in [9.17, 15) is 26.3 Å². The van der Waals surface area contributed by atoms with E-state index in [0.717, 1.165) is 44.8 Å². The molecule has 2 aromatic heterocycles. The summed E-state index contributed by atoms with van der Waals surface area (Å²) in [4.78, 5) is 24.4. The lowest BCUT2D eigenvalue weighted by Gasteiger charge is -2.50. The summed E-state index contributed by atoms with van der Waals surface area (Å²) < 4.78 is 80.7. The van der Waals surface area contributed by atoms with Gasteiger partial charge >= 0.3 is 24.3 Å². The number of pyridine rings is 1. The number of likely N-dealkylation sites (tertiary alicyclic amines) is 1. The van der Waals surface area contributed by atoms with E-state index in [-0.39, 0.29) is 5.60 Å². The summed E-state index contributed by atoms with van der Waals surface area (Å²) in [7, 11) is 0. The van der Waals surface area contributed by atoms with Crippen molar-refractivity contribution < 1.29 is 60.0 Å². The molecule has 0 aliphatic carbocycles. The zero-order valence-electron chi connectivity index (χ0n) is 19.2. The maximum Gasteiger partial charge on any atom is 0.490 e. The molecule has 0 saturated carbocycles. The lowest BCUT2D eigenvalue weighted by atomic mass is 9.79. The van der Waals surface area contributed by atoms with E-state index in [0.29, 0.717) is 18.4 Å². The van der Waals surface area contributed by atoms with Crippen molar-refractivity contribution in [2.45, 2.75) is 37.3 Å². The van der Waals surface area contributed by atoms with Crippen molar-refractivity contribution in [1.82, 2.24) is 9.88 Å². The normalized spacial score (nSPS) is 18.6. The van der Waals surface area contributed by atoms with Crippen LogP contribution in [0.4, 0.5) is 26.3 Å². The van der Waals surface area contributed by atoms with E-state index in [1.54, 1.807) is 12.5 Å². The zero-order valence-corrected chi connectivity index (χ0v) is 19.2. The van der Waals surface area contributed by atoms with Crippen LogP contribution in [0.5, 0.6) is 5.88 Å². The molecule has 4 heterocycles. The fraction of sp³-hybridized carbons (Fsp3) is 0.500. The molecule has 1 atom stereocenters. The van der Waals surface area contributed by atoms with Crippen molar-refractivity contribution in [3.8, 4) is 5.88 Å². The molecule has 9 nitrogen and oxygen atoms in total. The summed E-state index contributed by atoms with van der Waals surface area (Å²) in [6, 6.07) is 9.71. The molecule has 37 heavy (non-hydrogen) atoms. The molecular formula is C22H24F6N2O7. The highest BCUT2D eigenvalue weighted by atomic mass is 19.4. The first kappa shape index (κ1) is 29.9. The van der Waals surface area contributed by atoms with E-state index < -0.39 is 24.3 Å². The molecule has 0 aromatic carbocycles. The fourth-order valence-electron chi connectivity index (χ4n) is 3.73. The molecular weight excluding hydrogens is 518 g/mol. The maximum atomic E-state index is 10.6. The Balaban J connectivity index is 0.000000286. The topological polar surface area (TPSA) is 122 Å². The number of hydrogen-bond donors (Lipinski definition) is 2.